The maximum absolute atomic E-state index is 12.8. The van der Waals surface area contributed by atoms with Crippen molar-refractivity contribution in [2.45, 2.75) is 4.90 Å². The first-order valence-corrected chi connectivity index (χ1v) is 8.96. The molecule has 7 nitrogen and oxygen atoms in total. The predicted octanol–water partition coefficient (Wildman–Crippen LogP) is 2.84. The number of thiocarbonyl (C=S) groups is 1. The number of nitrogens with one attached hydrogen (secondary N) is 2. The molecule has 0 aliphatic carbocycles. The molecule has 0 fully saturated rings. The molecule has 0 aliphatic heterocycles. The number of rotatable bonds is 3. The minimum Gasteiger partial charge on any atom is -0.465 e. The number of fused-ring (bicyclic) bond motifs is 1. The number of carbonyl (C=O) groups is 1. The lowest BCUT2D eigenvalue weighted by Crippen LogP contribution is -2.32. The largest absolute Gasteiger partial charge is 0.465 e. The summed E-state index contributed by atoms with van der Waals surface area (Å²) < 4.78 is 26.8. The van der Waals surface area contributed by atoms with Gasteiger partial charge in [-0.2, -0.15) is 0 Å². The normalized spacial score (nSPS) is 11.2. The maximum atomic E-state index is 12.8. The van der Waals surface area contributed by atoms with E-state index in [-0.39, 0.29) is 10.0 Å². The molecule has 1 heterocycles. The number of carboxylic acid groups (broad SMARTS) is 1. The first-order valence-electron chi connectivity index (χ1n) is 7.11. The van der Waals surface area contributed by atoms with Gasteiger partial charge in [0.05, 0.1) is 10.4 Å². The number of benzene rings is 2. The molecule has 3 aromatic rings. The van der Waals surface area contributed by atoms with Gasteiger partial charge in [0.25, 0.3) is 10.0 Å². The Morgan fingerprint density at radius 2 is 1.76 bits per heavy atom. The molecule has 0 saturated carbocycles. The van der Waals surface area contributed by atoms with Gasteiger partial charge >= 0.3 is 6.09 Å². The Morgan fingerprint density at radius 3 is 2.44 bits per heavy atom. The molecule has 0 spiro atoms. The van der Waals surface area contributed by atoms with E-state index in [2.05, 4.69) is 5.32 Å². The number of hydrogen-bond donors (Lipinski definition) is 3. The zero-order valence-electron chi connectivity index (χ0n) is 12.7. The molecule has 0 bridgehead atoms. The Labute approximate surface area is 148 Å². The molecule has 9 heteroatoms. The number of hydrogen-bond acceptors (Lipinski definition) is 4. The van der Waals surface area contributed by atoms with Gasteiger partial charge < -0.3 is 10.4 Å². The Bertz CT molecular complexity index is 1060. The van der Waals surface area contributed by atoms with Crippen LogP contribution >= 0.6 is 12.2 Å². The highest BCUT2D eigenvalue weighted by molar-refractivity contribution is 7.90. The van der Waals surface area contributed by atoms with E-state index in [1.54, 1.807) is 42.5 Å². The van der Waals surface area contributed by atoms with Crippen LogP contribution in [0.3, 0.4) is 0 Å². The van der Waals surface area contributed by atoms with Gasteiger partial charge in [-0.15, -0.1) is 0 Å². The smallest absolute Gasteiger partial charge is 0.410 e. The standard InChI is InChI=1S/C16H13N3O4S2/c20-16(21)18-15(24)17-13-7-4-8-14-12(13)9-10-19(14)25(22,23)11-5-2-1-3-6-11/h1-10H,(H,20,21)(H2,17,18,24). The third-order valence-corrected chi connectivity index (χ3v) is 5.37. The summed E-state index contributed by atoms with van der Waals surface area (Å²) in [6, 6.07) is 14.7. The van der Waals surface area contributed by atoms with Crippen LogP contribution in [-0.2, 0) is 10.0 Å². The van der Waals surface area contributed by atoms with Gasteiger partial charge in [-0.1, -0.05) is 24.3 Å². The molecule has 128 valence electrons. The second-order valence-corrected chi connectivity index (χ2v) is 7.28. The zero-order valence-corrected chi connectivity index (χ0v) is 14.3. The van der Waals surface area contributed by atoms with Gasteiger partial charge in [0.15, 0.2) is 5.11 Å². The second kappa shape index (κ2) is 6.54. The fraction of sp³-hybridized carbons (Fsp3) is 0. The van der Waals surface area contributed by atoms with Crippen LogP contribution < -0.4 is 10.6 Å². The van der Waals surface area contributed by atoms with Crippen molar-refractivity contribution in [2.75, 3.05) is 5.32 Å². The molecular weight excluding hydrogens is 362 g/mol. The van der Waals surface area contributed by atoms with Gasteiger partial charge in [-0.3, -0.25) is 5.32 Å². The molecule has 3 N–H and O–H groups in total. The monoisotopic (exact) mass is 375 g/mol. The van der Waals surface area contributed by atoms with Crippen LogP contribution in [0.4, 0.5) is 10.5 Å². The molecule has 0 unspecified atom stereocenters. The lowest BCUT2D eigenvalue weighted by Gasteiger charge is -2.10. The summed E-state index contributed by atoms with van der Waals surface area (Å²) in [7, 11) is -3.74. The SMILES string of the molecule is O=C(O)NC(=S)Nc1cccc2c1ccn2S(=O)(=O)c1ccccc1. The van der Waals surface area contributed by atoms with Crippen LogP contribution in [0, 0.1) is 0 Å². The summed E-state index contributed by atoms with van der Waals surface area (Å²) in [6.07, 6.45) is 0.167. The minimum atomic E-state index is -3.74. The van der Waals surface area contributed by atoms with Crippen molar-refractivity contribution in [3.63, 3.8) is 0 Å². The third kappa shape index (κ3) is 3.32. The van der Waals surface area contributed by atoms with E-state index in [1.165, 1.54) is 22.3 Å². The fourth-order valence-electron chi connectivity index (χ4n) is 2.42. The van der Waals surface area contributed by atoms with Crippen molar-refractivity contribution in [1.82, 2.24) is 9.29 Å². The molecule has 2 aromatic carbocycles. The number of amides is 1. The average Bonchev–Trinajstić information content (AvgIpc) is 3.01. The van der Waals surface area contributed by atoms with E-state index < -0.39 is 16.1 Å². The molecule has 0 atom stereocenters. The van der Waals surface area contributed by atoms with Crippen LogP contribution in [0.1, 0.15) is 0 Å². The van der Waals surface area contributed by atoms with E-state index in [0.717, 1.165) is 0 Å². The summed E-state index contributed by atoms with van der Waals surface area (Å²) in [5.74, 6) is 0. The van der Waals surface area contributed by atoms with Crippen LogP contribution in [0.5, 0.6) is 0 Å². The van der Waals surface area contributed by atoms with E-state index in [1.807, 2.05) is 5.32 Å². The Kier molecular flexibility index (Phi) is 4.43. The fourth-order valence-corrected chi connectivity index (χ4v) is 3.98. The van der Waals surface area contributed by atoms with E-state index in [4.69, 9.17) is 17.3 Å². The van der Waals surface area contributed by atoms with E-state index in [9.17, 15) is 13.2 Å². The first kappa shape index (κ1) is 16.9. The molecule has 0 saturated heterocycles. The second-order valence-electron chi connectivity index (χ2n) is 5.05. The molecule has 1 amide bonds. The molecule has 1 aromatic heterocycles. The van der Waals surface area contributed by atoms with Gasteiger partial charge in [-0.25, -0.2) is 17.2 Å². The van der Waals surface area contributed by atoms with Gasteiger partial charge in [0, 0.05) is 17.3 Å². The summed E-state index contributed by atoms with van der Waals surface area (Å²) >= 11 is 4.90. The Balaban J connectivity index is 2.05. The van der Waals surface area contributed by atoms with Crippen molar-refractivity contribution in [2.24, 2.45) is 0 Å². The van der Waals surface area contributed by atoms with E-state index in [0.29, 0.717) is 16.6 Å². The summed E-state index contributed by atoms with van der Waals surface area (Å²) in [4.78, 5) is 10.8. The van der Waals surface area contributed by atoms with Gasteiger partial charge in [0.2, 0.25) is 0 Å². The number of anilines is 1. The van der Waals surface area contributed by atoms with Crippen LogP contribution in [0.25, 0.3) is 10.9 Å². The topological polar surface area (TPSA) is 100 Å². The molecule has 0 aliphatic rings. The average molecular weight is 375 g/mol. The summed E-state index contributed by atoms with van der Waals surface area (Å²) in [5, 5.41) is 14.0. The third-order valence-electron chi connectivity index (χ3n) is 3.47. The highest BCUT2D eigenvalue weighted by Crippen LogP contribution is 2.27. The van der Waals surface area contributed by atoms with Gasteiger partial charge in [-0.05, 0) is 42.5 Å². The molecule has 25 heavy (non-hydrogen) atoms. The van der Waals surface area contributed by atoms with Crippen LogP contribution in [-0.4, -0.2) is 28.7 Å². The zero-order chi connectivity index (χ0) is 18.0. The highest BCUT2D eigenvalue weighted by atomic mass is 32.2. The molecule has 0 radical (unpaired) electrons. The lowest BCUT2D eigenvalue weighted by molar-refractivity contribution is 0.200. The van der Waals surface area contributed by atoms with E-state index >= 15 is 0 Å². The summed E-state index contributed by atoms with van der Waals surface area (Å²) in [5.41, 5.74) is 0.949. The van der Waals surface area contributed by atoms with Gasteiger partial charge in [0.1, 0.15) is 0 Å². The highest BCUT2D eigenvalue weighted by Gasteiger charge is 2.19. The van der Waals surface area contributed by atoms with Crippen molar-refractivity contribution < 1.29 is 18.3 Å². The number of nitrogens with zero attached hydrogens (tertiary/aromatic N) is 1. The van der Waals surface area contributed by atoms with Crippen molar-refractivity contribution >= 4 is 50.0 Å². The van der Waals surface area contributed by atoms with Crippen molar-refractivity contribution in [3.05, 3.63) is 60.8 Å². The lowest BCUT2D eigenvalue weighted by atomic mass is 10.2. The molecular formula is C16H13N3O4S2. The van der Waals surface area contributed by atoms with Crippen molar-refractivity contribution in [3.8, 4) is 0 Å². The first-order chi connectivity index (χ1) is 11.9. The Hall–Kier alpha value is -2.91. The minimum absolute atomic E-state index is 0.0985. The quantitative estimate of drug-likeness (QED) is 0.609. The summed E-state index contributed by atoms with van der Waals surface area (Å²) in [6.45, 7) is 0. The predicted molar refractivity (Wildman–Crippen MR) is 98.3 cm³/mol. The van der Waals surface area contributed by atoms with Crippen LogP contribution in [0.15, 0.2) is 65.7 Å². The molecule has 3 rings (SSSR count). The van der Waals surface area contributed by atoms with Crippen LogP contribution in [0.2, 0.25) is 0 Å². The Morgan fingerprint density at radius 1 is 1.04 bits per heavy atom. The maximum Gasteiger partial charge on any atom is 0.410 e. The number of aromatic nitrogens is 1. The van der Waals surface area contributed by atoms with Crippen molar-refractivity contribution in [1.29, 1.82) is 0 Å².